The Bertz CT molecular complexity index is 907. The van der Waals surface area contributed by atoms with Crippen molar-refractivity contribution in [3.8, 4) is 11.5 Å². The van der Waals surface area contributed by atoms with Crippen molar-refractivity contribution in [2.45, 2.75) is 13.2 Å². The highest BCUT2D eigenvalue weighted by molar-refractivity contribution is 5.85. The molecule has 0 aliphatic rings. The van der Waals surface area contributed by atoms with E-state index in [1.807, 2.05) is 42.5 Å². The first-order chi connectivity index (χ1) is 12.7. The molecule has 0 saturated heterocycles. The standard InChI is InChI=1S/C20H17F2NO3/c1-24-19-11-14(9-10-18(19)26-20(21)22)12-23-25-13-16-7-4-6-15-5-2-3-8-17(15)16/h2-12,20H,13H2,1H3. The number of fused-ring (bicyclic) bond motifs is 1. The summed E-state index contributed by atoms with van der Waals surface area (Å²) in [4.78, 5) is 5.38. The molecule has 3 aromatic carbocycles. The van der Waals surface area contributed by atoms with Gasteiger partial charge in [0.1, 0.15) is 6.61 Å². The molecule has 0 spiro atoms. The van der Waals surface area contributed by atoms with Gasteiger partial charge in [0.05, 0.1) is 13.3 Å². The number of oxime groups is 1. The molecule has 6 heteroatoms. The smallest absolute Gasteiger partial charge is 0.387 e. The molecule has 0 unspecified atom stereocenters. The lowest BCUT2D eigenvalue weighted by Crippen LogP contribution is -2.03. The van der Waals surface area contributed by atoms with E-state index in [4.69, 9.17) is 9.57 Å². The molecular weight excluding hydrogens is 340 g/mol. The summed E-state index contributed by atoms with van der Waals surface area (Å²) in [7, 11) is 1.38. The van der Waals surface area contributed by atoms with Crippen molar-refractivity contribution in [3.63, 3.8) is 0 Å². The van der Waals surface area contributed by atoms with Gasteiger partial charge in [-0.15, -0.1) is 0 Å². The largest absolute Gasteiger partial charge is 0.493 e. The van der Waals surface area contributed by atoms with E-state index >= 15 is 0 Å². The van der Waals surface area contributed by atoms with E-state index in [0.29, 0.717) is 12.2 Å². The minimum Gasteiger partial charge on any atom is -0.493 e. The predicted molar refractivity (Wildman–Crippen MR) is 96.0 cm³/mol. The van der Waals surface area contributed by atoms with Crippen LogP contribution in [-0.4, -0.2) is 19.9 Å². The molecule has 0 aliphatic carbocycles. The summed E-state index contributed by atoms with van der Waals surface area (Å²) in [6, 6.07) is 18.6. The third-order valence-electron chi connectivity index (χ3n) is 3.78. The van der Waals surface area contributed by atoms with E-state index in [2.05, 4.69) is 9.89 Å². The maximum atomic E-state index is 12.3. The average molecular weight is 357 g/mol. The lowest BCUT2D eigenvalue weighted by Gasteiger charge is -2.10. The number of benzene rings is 3. The summed E-state index contributed by atoms with van der Waals surface area (Å²) in [6.45, 7) is -2.59. The Morgan fingerprint density at radius 1 is 1.00 bits per heavy atom. The molecule has 0 radical (unpaired) electrons. The van der Waals surface area contributed by atoms with Crippen LogP contribution in [0.3, 0.4) is 0 Å². The fourth-order valence-corrected chi connectivity index (χ4v) is 2.58. The number of halogens is 2. The first kappa shape index (κ1) is 17.7. The van der Waals surface area contributed by atoms with Gasteiger partial charge in [0, 0.05) is 5.56 Å². The molecule has 3 rings (SSSR count). The SMILES string of the molecule is COc1cc(C=NOCc2cccc3ccccc23)ccc1OC(F)F. The molecule has 134 valence electrons. The Labute approximate surface area is 149 Å². The summed E-state index contributed by atoms with van der Waals surface area (Å²) in [6.07, 6.45) is 1.49. The van der Waals surface area contributed by atoms with Crippen molar-refractivity contribution in [1.29, 1.82) is 0 Å². The highest BCUT2D eigenvalue weighted by Gasteiger charge is 2.10. The van der Waals surface area contributed by atoms with Gasteiger partial charge in [0.25, 0.3) is 0 Å². The summed E-state index contributed by atoms with van der Waals surface area (Å²) in [5, 5.41) is 6.19. The van der Waals surface area contributed by atoms with Crippen LogP contribution in [0.4, 0.5) is 8.78 Å². The molecular formula is C20H17F2NO3. The molecule has 0 amide bonds. The molecule has 0 aromatic heterocycles. The summed E-state index contributed by atoms with van der Waals surface area (Å²) in [5.41, 5.74) is 1.67. The van der Waals surface area contributed by atoms with E-state index in [-0.39, 0.29) is 11.5 Å². The Kier molecular flexibility index (Phi) is 5.63. The number of methoxy groups -OCH3 is 1. The molecule has 0 bridgehead atoms. The second-order valence-corrected chi connectivity index (χ2v) is 5.44. The molecule has 3 aromatic rings. The lowest BCUT2D eigenvalue weighted by molar-refractivity contribution is -0.0512. The third kappa shape index (κ3) is 4.27. The minimum absolute atomic E-state index is 0.0312. The van der Waals surface area contributed by atoms with Crippen molar-refractivity contribution in [2.75, 3.05) is 7.11 Å². The maximum absolute atomic E-state index is 12.3. The number of ether oxygens (including phenoxy) is 2. The van der Waals surface area contributed by atoms with Crippen LogP contribution in [-0.2, 0) is 11.4 Å². The number of nitrogens with zero attached hydrogens (tertiary/aromatic N) is 1. The quantitative estimate of drug-likeness (QED) is 0.441. The summed E-state index contributed by atoms with van der Waals surface area (Å²) in [5.74, 6) is 0.166. The van der Waals surface area contributed by atoms with Crippen LogP contribution in [0.1, 0.15) is 11.1 Å². The predicted octanol–water partition coefficient (Wildman–Crippen LogP) is 5.00. The molecule has 0 aliphatic heterocycles. The van der Waals surface area contributed by atoms with E-state index in [1.165, 1.54) is 19.4 Å². The van der Waals surface area contributed by atoms with Gasteiger partial charge >= 0.3 is 6.61 Å². The zero-order chi connectivity index (χ0) is 18.4. The fourth-order valence-electron chi connectivity index (χ4n) is 2.58. The van der Waals surface area contributed by atoms with Crippen LogP contribution < -0.4 is 9.47 Å². The first-order valence-electron chi connectivity index (χ1n) is 7.92. The van der Waals surface area contributed by atoms with Crippen molar-refractivity contribution in [1.82, 2.24) is 0 Å². The van der Waals surface area contributed by atoms with Gasteiger partial charge < -0.3 is 14.3 Å². The van der Waals surface area contributed by atoms with Crippen molar-refractivity contribution in [3.05, 3.63) is 71.8 Å². The van der Waals surface area contributed by atoms with Gasteiger partial charge in [0.2, 0.25) is 0 Å². The fraction of sp³-hybridized carbons (Fsp3) is 0.150. The Morgan fingerprint density at radius 3 is 2.62 bits per heavy atom. The van der Waals surface area contributed by atoms with Crippen LogP contribution in [0.5, 0.6) is 11.5 Å². The van der Waals surface area contributed by atoms with Gasteiger partial charge in [-0.1, -0.05) is 47.6 Å². The van der Waals surface area contributed by atoms with Crippen LogP contribution in [0.15, 0.2) is 65.8 Å². The van der Waals surface area contributed by atoms with Crippen molar-refractivity contribution >= 4 is 17.0 Å². The zero-order valence-corrected chi connectivity index (χ0v) is 14.1. The third-order valence-corrected chi connectivity index (χ3v) is 3.78. The number of hydrogen-bond donors (Lipinski definition) is 0. The van der Waals surface area contributed by atoms with E-state index < -0.39 is 6.61 Å². The Balaban J connectivity index is 1.67. The molecule has 0 fully saturated rings. The summed E-state index contributed by atoms with van der Waals surface area (Å²) >= 11 is 0. The van der Waals surface area contributed by atoms with E-state index in [0.717, 1.165) is 16.3 Å². The second-order valence-electron chi connectivity index (χ2n) is 5.44. The number of alkyl halides is 2. The van der Waals surface area contributed by atoms with Gasteiger partial charge in [-0.05, 0) is 34.5 Å². The zero-order valence-electron chi connectivity index (χ0n) is 14.1. The molecule has 0 heterocycles. The van der Waals surface area contributed by atoms with E-state index in [1.54, 1.807) is 12.1 Å². The highest BCUT2D eigenvalue weighted by atomic mass is 19.3. The lowest BCUT2D eigenvalue weighted by atomic mass is 10.1. The molecule has 0 N–H and O–H groups in total. The average Bonchev–Trinajstić information content (AvgIpc) is 2.66. The molecule has 4 nitrogen and oxygen atoms in total. The topological polar surface area (TPSA) is 40.0 Å². The molecule has 0 atom stereocenters. The van der Waals surface area contributed by atoms with E-state index in [9.17, 15) is 8.78 Å². The summed E-state index contributed by atoms with van der Waals surface area (Å²) < 4.78 is 34.1. The van der Waals surface area contributed by atoms with Gasteiger partial charge in [-0.25, -0.2) is 0 Å². The maximum Gasteiger partial charge on any atom is 0.387 e. The normalized spacial score (nSPS) is 11.2. The van der Waals surface area contributed by atoms with Crippen LogP contribution in [0, 0.1) is 0 Å². The van der Waals surface area contributed by atoms with Crippen LogP contribution in [0.2, 0.25) is 0 Å². The van der Waals surface area contributed by atoms with Crippen LogP contribution >= 0.6 is 0 Å². The van der Waals surface area contributed by atoms with Gasteiger partial charge in [-0.2, -0.15) is 8.78 Å². The molecule has 0 saturated carbocycles. The monoisotopic (exact) mass is 357 g/mol. The second kappa shape index (κ2) is 8.29. The Morgan fingerprint density at radius 2 is 1.81 bits per heavy atom. The van der Waals surface area contributed by atoms with Crippen molar-refractivity contribution < 1.29 is 23.1 Å². The number of hydrogen-bond acceptors (Lipinski definition) is 4. The first-order valence-corrected chi connectivity index (χ1v) is 7.92. The molecule has 26 heavy (non-hydrogen) atoms. The Hall–Kier alpha value is -3.15. The highest BCUT2D eigenvalue weighted by Crippen LogP contribution is 2.29. The van der Waals surface area contributed by atoms with Crippen LogP contribution in [0.25, 0.3) is 10.8 Å². The minimum atomic E-state index is -2.91. The van der Waals surface area contributed by atoms with Crippen molar-refractivity contribution in [2.24, 2.45) is 5.16 Å². The number of rotatable bonds is 7. The van der Waals surface area contributed by atoms with Gasteiger partial charge in [0.15, 0.2) is 11.5 Å². The van der Waals surface area contributed by atoms with Gasteiger partial charge in [-0.3, -0.25) is 0 Å².